The van der Waals surface area contributed by atoms with Crippen LogP contribution in [0.5, 0.6) is 0 Å². The van der Waals surface area contributed by atoms with E-state index in [2.05, 4.69) is 10.2 Å². The molecule has 0 bridgehead atoms. The monoisotopic (exact) mass is 214 g/mol. The molecule has 4 heteroatoms. The van der Waals surface area contributed by atoms with Crippen molar-refractivity contribution in [3.63, 3.8) is 0 Å². The molecule has 1 aliphatic rings. The van der Waals surface area contributed by atoms with E-state index >= 15 is 0 Å². The highest BCUT2D eigenvalue weighted by Gasteiger charge is 2.18. The van der Waals surface area contributed by atoms with E-state index in [-0.39, 0.29) is 5.92 Å². The minimum absolute atomic E-state index is 0.272. The fourth-order valence-electron chi connectivity index (χ4n) is 2.14. The molecule has 88 valence electrons. The maximum atomic E-state index is 10.7. The predicted octanol–water partition coefficient (Wildman–Crippen LogP) is 0.639. The number of rotatable bonds is 5. The highest BCUT2D eigenvalue weighted by Crippen LogP contribution is 2.11. The van der Waals surface area contributed by atoms with Crippen LogP contribution in [0.1, 0.15) is 19.8 Å². The summed E-state index contributed by atoms with van der Waals surface area (Å²) in [6, 6.07) is 0. The van der Waals surface area contributed by atoms with Gasteiger partial charge in [0, 0.05) is 13.1 Å². The van der Waals surface area contributed by atoms with E-state index < -0.39 is 5.97 Å². The van der Waals surface area contributed by atoms with Gasteiger partial charge in [-0.2, -0.15) is 0 Å². The molecule has 0 aromatic heterocycles. The molecule has 15 heavy (non-hydrogen) atoms. The number of nitrogens with zero attached hydrogens (tertiary/aromatic N) is 1. The first-order chi connectivity index (χ1) is 7.09. The molecule has 1 rings (SSSR count). The Labute approximate surface area is 91.6 Å². The van der Waals surface area contributed by atoms with Crippen molar-refractivity contribution < 1.29 is 9.90 Å². The van der Waals surface area contributed by atoms with Crippen LogP contribution in [0.25, 0.3) is 0 Å². The van der Waals surface area contributed by atoms with E-state index in [4.69, 9.17) is 5.11 Å². The Morgan fingerprint density at radius 1 is 1.67 bits per heavy atom. The zero-order valence-corrected chi connectivity index (χ0v) is 9.70. The zero-order valence-electron chi connectivity index (χ0n) is 9.70. The summed E-state index contributed by atoms with van der Waals surface area (Å²) in [7, 11) is 2.01. The molecule has 0 saturated carbocycles. The van der Waals surface area contributed by atoms with Gasteiger partial charge in [-0.15, -0.1) is 0 Å². The van der Waals surface area contributed by atoms with Gasteiger partial charge in [-0.3, -0.25) is 4.79 Å². The molecule has 0 radical (unpaired) electrons. The Kier molecular flexibility index (Phi) is 5.05. The van der Waals surface area contributed by atoms with Gasteiger partial charge in [0.2, 0.25) is 0 Å². The quantitative estimate of drug-likeness (QED) is 0.705. The Morgan fingerprint density at radius 3 is 2.93 bits per heavy atom. The van der Waals surface area contributed by atoms with Gasteiger partial charge in [0.15, 0.2) is 0 Å². The third-order valence-electron chi connectivity index (χ3n) is 2.98. The van der Waals surface area contributed by atoms with Crippen LogP contribution in [-0.4, -0.2) is 49.2 Å². The molecular weight excluding hydrogens is 192 g/mol. The highest BCUT2D eigenvalue weighted by atomic mass is 16.4. The second-order valence-electron chi connectivity index (χ2n) is 4.67. The summed E-state index contributed by atoms with van der Waals surface area (Å²) >= 11 is 0. The maximum absolute atomic E-state index is 10.7. The number of aliphatic carboxylic acids is 1. The Bertz CT molecular complexity index is 203. The molecule has 0 amide bonds. The molecule has 2 unspecified atom stereocenters. The van der Waals surface area contributed by atoms with Crippen LogP contribution >= 0.6 is 0 Å². The van der Waals surface area contributed by atoms with Crippen LogP contribution in [0, 0.1) is 11.8 Å². The van der Waals surface area contributed by atoms with E-state index in [9.17, 15) is 4.79 Å². The van der Waals surface area contributed by atoms with Crippen LogP contribution in [0.3, 0.4) is 0 Å². The number of hydrogen-bond donors (Lipinski definition) is 2. The van der Waals surface area contributed by atoms with Crippen LogP contribution < -0.4 is 5.32 Å². The molecule has 0 spiro atoms. The molecular formula is C11H22N2O2. The van der Waals surface area contributed by atoms with Gasteiger partial charge < -0.3 is 15.3 Å². The average molecular weight is 214 g/mol. The Morgan fingerprint density at radius 2 is 2.40 bits per heavy atom. The maximum Gasteiger partial charge on any atom is 0.307 e. The lowest BCUT2D eigenvalue weighted by Gasteiger charge is -2.28. The van der Waals surface area contributed by atoms with E-state index in [1.807, 2.05) is 7.05 Å². The number of carbonyl (C=O) groups is 1. The van der Waals surface area contributed by atoms with Crippen molar-refractivity contribution in [2.45, 2.75) is 19.8 Å². The smallest absolute Gasteiger partial charge is 0.307 e. The standard InChI is InChI=1S/C11H22N2O2/c1-9(11(14)15)7-13(2)8-10-4-3-5-12-6-10/h9-10,12H,3-8H2,1-2H3,(H,14,15). The topological polar surface area (TPSA) is 52.6 Å². The number of carboxylic acids is 1. The van der Waals surface area contributed by atoms with Crippen molar-refractivity contribution in [3.8, 4) is 0 Å². The van der Waals surface area contributed by atoms with E-state index in [1.165, 1.54) is 12.8 Å². The first kappa shape index (κ1) is 12.5. The highest BCUT2D eigenvalue weighted by molar-refractivity contribution is 5.69. The predicted molar refractivity (Wildman–Crippen MR) is 59.9 cm³/mol. The first-order valence-electron chi connectivity index (χ1n) is 5.71. The lowest BCUT2D eigenvalue weighted by atomic mass is 9.99. The lowest BCUT2D eigenvalue weighted by Crippen LogP contribution is -2.39. The fourth-order valence-corrected chi connectivity index (χ4v) is 2.14. The summed E-state index contributed by atoms with van der Waals surface area (Å²) in [5.74, 6) is -0.292. The van der Waals surface area contributed by atoms with Crippen molar-refractivity contribution in [2.24, 2.45) is 11.8 Å². The van der Waals surface area contributed by atoms with Crippen molar-refractivity contribution >= 4 is 5.97 Å². The third-order valence-corrected chi connectivity index (χ3v) is 2.98. The lowest BCUT2D eigenvalue weighted by molar-refractivity contribution is -0.141. The normalized spacial score (nSPS) is 24.1. The van der Waals surface area contributed by atoms with Gasteiger partial charge in [-0.05, 0) is 38.9 Å². The van der Waals surface area contributed by atoms with Gasteiger partial charge in [-0.1, -0.05) is 6.92 Å². The van der Waals surface area contributed by atoms with Crippen LogP contribution in [0.2, 0.25) is 0 Å². The van der Waals surface area contributed by atoms with Crippen molar-refractivity contribution in [3.05, 3.63) is 0 Å². The summed E-state index contributed by atoms with van der Waals surface area (Å²) in [6.45, 7) is 5.62. The molecule has 2 atom stereocenters. The summed E-state index contributed by atoms with van der Waals surface area (Å²) in [4.78, 5) is 12.8. The van der Waals surface area contributed by atoms with Gasteiger partial charge in [-0.25, -0.2) is 0 Å². The second-order valence-corrected chi connectivity index (χ2v) is 4.67. The SMILES string of the molecule is CC(CN(C)CC1CCCNC1)C(=O)O. The summed E-state index contributed by atoms with van der Waals surface area (Å²) in [6.07, 6.45) is 2.51. The van der Waals surface area contributed by atoms with Gasteiger partial charge >= 0.3 is 5.97 Å². The van der Waals surface area contributed by atoms with Crippen LogP contribution in [-0.2, 0) is 4.79 Å². The second kappa shape index (κ2) is 6.08. The fraction of sp³-hybridized carbons (Fsp3) is 0.909. The minimum atomic E-state index is -0.705. The minimum Gasteiger partial charge on any atom is -0.481 e. The Hall–Kier alpha value is -0.610. The third kappa shape index (κ3) is 4.62. The van der Waals surface area contributed by atoms with Crippen molar-refractivity contribution in [1.29, 1.82) is 0 Å². The number of hydrogen-bond acceptors (Lipinski definition) is 3. The summed E-state index contributed by atoms with van der Waals surface area (Å²) in [5, 5.41) is 12.2. The van der Waals surface area contributed by atoms with Crippen molar-refractivity contribution in [2.75, 3.05) is 33.2 Å². The van der Waals surface area contributed by atoms with E-state index in [0.717, 1.165) is 19.6 Å². The molecule has 1 saturated heterocycles. The first-order valence-corrected chi connectivity index (χ1v) is 5.71. The molecule has 1 heterocycles. The zero-order chi connectivity index (χ0) is 11.3. The number of piperidine rings is 1. The summed E-state index contributed by atoms with van der Waals surface area (Å²) < 4.78 is 0. The molecule has 0 aromatic carbocycles. The average Bonchev–Trinajstić information content (AvgIpc) is 2.18. The molecule has 1 fully saturated rings. The van der Waals surface area contributed by atoms with Crippen LogP contribution in [0.4, 0.5) is 0 Å². The van der Waals surface area contributed by atoms with E-state index in [0.29, 0.717) is 12.5 Å². The van der Waals surface area contributed by atoms with Gasteiger partial charge in [0.25, 0.3) is 0 Å². The summed E-state index contributed by atoms with van der Waals surface area (Å²) in [5.41, 5.74) is 0. The molecule has 1 aliphatic heterocycles. The number of nitrogens with one attached hydrogen (secondary N) is 1. The molecule has 0 aromatic rings. The number of carboxylic acid groups (broad SMARTS) is 1. The molecule has 4 nitrogen and oxygen atoms in total. The van der Waals surface area contributed by atoms with Crippen LogP contribution in [0.15, 0.2) is 0 Å². The van der Waals surface area contributed by atoms with E-state index in [1.54, 1.807) is 6.92 Å². The van der Waals surface area contributed by atoms with Crippen molar-refractivity contribution in [1.82, 2.24) is 10.2 Å². The largest absolute Gasteiger partial charge is 0.481 e. The Balaban J connectivity index is 2.22. The molecule has 2 N–H and O–H groups in total. The van der Waals surface area contributed by atoms with Gasteiger partial charge in [0.05, 0.1) is 5.92 Å². The van der Waals surface area contributed by atoms with Gasteiger partial charge in [0.1, 0.15) is 0 Å². The molecule has 0 aliphatic carbocycles.